The molecule has 0 saturated carbocycles. The lowest BCUT2D eigenvalue weighted by Crippen LogP contribution is -2.50. The van der Waals surface area contributed by atoms with Crippen molar-refractivity contribution in [1.82, 2.24) is 20.2 Å². The van der Waals surface area contributed by atoms with Gasteiger partial charge in [0.25, 0.3) is 5.91 Å². The van der Waals surface area contributed by atoms with Gasteiger partial charge in [-0.25, -0.2) is 4.98 Å². The molecule has 1 N–H and O–H groups in total. The Bertz CT molecular complexity index is 891. The van der Waals surface area contributed by atoms with Gasteiger partial charge in [0.15, 0.2) is 0 Å². The number of hydrogen-bond donors (Lipinski definition) is 1. The molecule has 1 unspecified atom stereocenters. The van der Waals surface area contributed by atoms with Crippen LogP contribution in [0.1, 0.15) is 41.6 Å². The van der Waals surface area contributed by atoms with Gasteiger partial charge >= 0.3 is 0 Å². The number of amides is 1. The Morgan fingerprint density at radius 3 is 2.50 bits per heavy atom. The Morgan fingerprint density at radius 2 is 1.90 bits per heavy atom. The van der Waals surface area contributed by atoms with Gasteiger partial charge < -0.3 is 15.0 Å². The average Bonchev–Trinajstić information content (AvgIpc) is 2.96. The molecule has 1 aromatic heterocycles. The number of piperidine rings is 1. The molecule has 8 heteroatoms. The van der Waals surface area contributed by atoms with Crippen LogP contribution in [-0.4, -0.2) is 60.1 Å². The second kappa shape index (κ2) is 8.78. The summed E-state index contributed by atoms with van der Waals surface area (Å²) in [6.07, 6.45) is 5.80. The number of ether oxygens (including phenoxy) is 1. The van der Waals surface area contributed by atoms with E-state index >= 15 is 0 Å². The smallest absolute Gasteiger partial charge is 0.258 e. The van der Waals surface area contributed by atoms with Gasteiger partial charge in [0.2, 0.25) is 11.8 Å². The number of carbonyl (C=O) groups is 1. The molecule has 1 amide bonds. The van der Waals surface area contributed by atoms with E-state index in [9.17, 15) is 4.79 Å². The summed E-state index contributed by atoms with van der Waals surface area (Å²) in [5.74, 6) is 0.638. The minimum Gasteiger partial charge on any atom is -0.480 e. The molecule has 7 nitrogen and oxygen atoms in total. The highest BCUT2D eigenvalue weighted by Gasteiger charge is 2.41. The Balaban J connectivity index is 1.40. The Kier molecular flexibility index (Phi) is 6.11. The zero-order chi connectivity index (χ0) is 21.3. The van der Waals surface area contributed by atoms with Crippen molar-refractivity contribution in [2.45, 2.75) is 50.4 Å². The van der Waals surface area contributed by atoms with Crippen molar-refractivity contribution in [3.63, 3.8) is 0 Å². The van der Waals surface area contributed by atoms with Crippen LogP contribution < -0.4 is 15.0 Å². The van der Waals surface area contributed by atoms with E-state index in [0.29, 0.717) is 29.5 Å². The van der Waals surface area contributed by atoms with Crippen LogP contribution in [0.2, 0.25) is 5.02 Å². The highest BCUT2D eigenvalue weighted by atomic mass is 35.5. The SMILES string of the molecule is COc1nc(N(C)C)ncc1C(=O)NC1C[C@H]2CC[C@@H](C1)N2Cc1ccc(Cl)cc1. The zero-order valence-electron chi connectivity index (χ0n) is 17.6. The highest BCUT2D eigenvalue weighted by molar-refractivity contribution is 6.30. The fourth-order valence-corrected chi connectivity index (χ4v) is 4.72. The molecule has 1 aromatic carbocycles. The maximum absolute atomic E-state index is 12.9. The van der Waals surface area contributed by atoms with E-state index in [1.807, 2.05) is 26.2 Å². The van der Waals surface area contributed by atoms with Gasteiger partial charge in [-0.2, -0.15) is 4.98 Å². The van der Waals surface area contributed by atoms with E-state index < -0.39 is 0 Å². The van der Waals surface area contributed by atoms with Gasteiger partial charge in [-0.15, -0.1) is 0 Å². The number of benzene rings is 1. The van der Waals surface area contributed by atoms with E-state index in [2.05, 4.69) is 32.3 Å². The Morgan fingerprint density at radius 1 is 1.23 bits per heavy atom. The topological polar surface area (TPSA) is 70.6 Å². The fourth-order valence-electron chi connectivity index (χ4n) is 4.60. The monoisotopic (exact) mass is 429 g/mol. The van der Waals surface area contributed by atoms with E-state index in [1.54, 1.807) is 11.1 Å². The standard InChI is InChI=1S/C22H28ClN5O2/c1-27(2)22-24-12-19(21(26-22)30-3)20(29)25-16-10-17-8-9-18(11-16)28(17)13-14-4-6-15(23)7-5-14/h4-7,12,16-18H,8-11,13H2,1-3H3,(H,25,29)/t16?,17-,18+. The molecular formula is C22H28ClN5O2. The molecule has 2 aliphatic rings. The predicted octanol–water partition coefficient (Wildman–Crippen LogP) is 3.13. The summed E-state index contributed by atoms with van der Waals surface area (Å²) in [7, 11) is 5.22. The molecule has 2 saturated heterocycles. The molecule has 2 fully saturated rings. The van der Waals surface area contributed by atoms with Crippen LogP contribution in [-0.2, 0) is 6.54 Å². The van der Waals surface area contributed by atoms with Gasteiger partial charge in [-0.1, -0.05) is 23.7 Å². The van der Waals surface area contributed by atoms with E-state index in [1.165, 1.54) is 25.5 Å². The van der Waals surface area contributed by atoms with Crippen LogP contribution in [0.4, 0.5) is 5.95 Å². The second-order valence-electron chi connectivity index (χ2n) is 8.31. The predicted molar refractivity (Wildman–Crippen MR) is 117 cm³/mol. The summed E-state index contributed by atoms with van der Waals surface area (Å²) in [5, 5.41) is 3.96. The second-order valence-corrected chi connectivity index (χ2v) is 8.75. The number of rotatable bonds is 6. The molecule has 4 rings (SSSR count). The first-order valence-corrected chi connectivity index (χ1v) is 10.7. The third kappa shape index (κ3) is 4.37. The molecule has 160 valence electrons. The molecule has 30 heavy (non-hydrogen) atoms. The summed E-state index contributed by atoms with van der Waals surface area (Å²) < 4.78 is 5.34. The summed E-state index contributed by atoms with van der Waals surface area (Å²) in [5.41, 5.74) is 1.65. The molecule has 2 bridgehead atoms. The van der Waals surface area contributed by atoms with Crippen LogP contribution in [0, 0.1) is 0 Å². The van der Waals surface area contributed by atoms with Crippen molar-refractivity contribution in [1.29, 1.82) is 0 Å². The molecule has 3 atom stereocenters. The molecule has 3 heterocycles. The Hall–Kier alpha value is -2.38. The van der Waals surface area contributed by atoms with E-state index in [4.69, 9.17) is 16.3 Å². The quantitative estimate of drug-likeness (QED) is 0.760. The number of nitrogens with zero attached hydrogens (tertiary/aromatic N) is 4. The molecular weight excluding hydrogens is 402 g/mol. The first kappa shape index (κ1) is 20.9. The van der Waals surface area contributed by atoms with Gasteiger partial charge in [0, 0.05) is 50.0 Å². The third-order valence-electron chi connectivity index (χ3n) is 6.08. The molecule has 2 aliphatic heterocycles. The maximum Gasteiger partial charge on any atom is 0.258 e. The number of aromatic nitrogens is 2. The number of halogens is 1. The Labute approximate surface area is 182 Å². The largest absolute Gasteiger partial charge is 0.480 e. The van der Waals surface area contributed by atoms with Crippen LogP contribution >= 0.6 is 11.6 Å². The maximum atomic E-state index is 12.9. The minimum atomic E-state index is -0.173. The van der Waals surface area contributed by atoms with Crippen molar-refractivity contribution in [3.05, 3.63) is 46.6 Å². The number of carbonyl (C=O) groups excluding carboxylic acids is 1. The molecule has 2 aromatic rings. The molecule has 0 aliphatic carbocycles. The van der Waals surface area contributed by atoms with E-state index in [0.717, 1.165) is 24.4 Å². The van der Waals surface area contributed by atoms with Gasteiger partial charge in [-0.05, 0) is 43.4 Å². The molecule has 0 spiro atoms. The average molecular weight is 430 g/mol. The van der Waals surface area contributed by atoms with Crippen molar-refractivity contribution in [2.75, 3.05) is 26.1 Å². The van der Waals surface area contributed by atoms with Crippen LogP contribution in [0.25, 0.3) is 0 Å². The van der Waals surface area contributed by atoms with Crippen molar-refractivity contribution in [3.8, 4) is 5.88 Å². The minimum absolute atomic E-state index is 0.148. The van der Waals surface area contributed by atoms with Crippen molar-refractivity contribution >= 4 is 23.5 Å². The fraction of sp³-hybridized carbons (Fsp3) is 0.500. The van der Waals surface area contributed by atoms with Crippen molar-refractivity contribution in [2.24, 2.45) is 0 Å². The summed E-state index contributed by atoms with van der Waals surface area (Å²) in [6.45, 7) is 0.931. The number of fused-ring (bicyclic) bond motifs is 2. The highest BCUT2D eigenvalue weighted by Crippen LogP contribution is 2.37. The van der Waals surface area contributed by atoms with E-state index in [-0.39, 0.29) is 11.9 Å². The lowest BCUT2D eigenvalue weighted by molar-refractivity contribution is 0.0824. The number of methoxy groups -OCH3 is 1. The van der Waals surface area contributed by atoms with Crippen LogP contribution in [0.15, 0.2) is 30.5 Å². The number of nitrogens with one attached hydrogen (secondary N) is 1. The number of anilines is 1. The van der Waals surface area contributed by atoms with Crippen molar-refractivity contribution < 1.29 is 9.53 Å². The zero-order valence-corrected chi connectivity index (χ0v) is 18.4. The van der Waals surface area contributed by atoms with Crippen LogP contribution in [0.3, 0.4) is 0 Å². The third-order valence-corrected chi connectivity index (χ3v) is 6.33. The van der Waals surface area contributed by atoms with Gasteiger partial charge in [0.1, 0.15) is 5.56 Å². The molecule has 0 radical (unpaired) electrons. The summed E-state index contributed by atoms with van der Waals surface area (Å²) >= 11 is 6.01. The van der Waals surface area contributed by atoms with Gasteiger partial charge in [0.05, 0.1) is 7.11 Å². The normalized spacial score (nSPS) is 23.3. The lowest BCUT2D eigenvalue weighted by atomic mass is 9.96. The first-order chi connectivity index (χ1) is 14.4. The first-order valence-electron chi connectivity index (χ1n) is 10.3. The van der Waals surface area contributed by atoms with Gasteiger partial charge in [-0.3, -0.25) is 9.69 Å². The number of hydrogen-bond acceptors (Lipinski definition) is 6. The summed E-state index contributed by atoms with van der Waals surface area (Å²) in [6, 6.07) is 9.21. The van der Waals surface area contributed by atoms with Crippen LogP contribution in [0.5, 0.6) is 5.88 Å². The summed E-state index contributed by atoms with van der Waals surface area (Å²) in [4.78, 5) is 25.9. The lowest BCUT2D eigenvalue weighted by Gasteiger charge is -2.39.